The molecule has 28 heavy (non-hydrogen) atoms. The van der Waals surface area contributed by atoms with Gasteiger partial charge in [-0.1, -0.05) is 6.92 Å². The van der Waals surface area contributed by atoms with Gasteiger partial charge >= 0.3 is 22.3 Å². The topological polar surface area (TPSA) is 83.9 Å². The number of carbonyl (C=O) groups is 1. The number of rotatable bonds is 8. The fourth-order valence-electron chi connectivity index (χ4n) is 2.16. The average Bonchev–Trinajstić information content (AvgIpc) is 2.52. The molecule has 0 aliphatic rings. The van der Waals surface area contributed by atoms with Gasteiger partial charge in [-0.25, -0.2) is 8.78 Å². The highest BCUT2D eigenvalue weighted by molar-refractivity contribution is 7.85. The van der Waals surface area contributed by atoms with E-state index in [9.17, 15) is 43.9 Å². The molecule has 0 aliphatic carbocycles. The predicted molar refractivity (Wildman–Crippen MR) is 79.1 cm³/mol. The zero-order valence-corrected chi connectivity index (χ0v) is 14.9. The Kier molecular flexibility index (Phi) is 7.79. The van der Waals surface area contributed by atoms with Crippen LogP contribution < -0.4 is 4.74 Å². The van der Waals surface area contributed by atoms with Gasteiger partial charge in [0.1, 0.15) is 0 Å². The van der Waals surface area contributed by atoms with Crippen LogP contribution in [0.2, 0.25) is 0 Å². The molecule has 0 amide bonds. The molecular weight excluding hydrogens is 427 g/mol. The lowest BCUT2D eigenvalue weighted by Gasteiger charge is -2.22. The summed E-state index contributed by atoms with van der Waals surface area (Å²) in [5.41, 5.74) is 0. The number of halogens is 7. The summed E-state index contributed by atoms with van der Waals surface area (Å²) in [5, 5.41) is 0. The third-order valence-corrected chi connectivity index (χ3v) is 4.11. The van der Waals surface area contributed by atoms with Crippen molar-refractivity contribution >= 4 is 16.1 Å². The van der Waals surface area contributed by atoms with Crippen LogP contribution in [-0.4, -0.2) is 49.7 Å². The minimum atomic E-state index is -5.68. The van der Waals surface area contributed by atoms with Gasteiger partial charge in [-0.05, 0) is 13.0 Å². The van der Waals surface area contributed by atoms with Crippen molar-refractivity contribution in [3.8, 4) is 5.75 Å². The van der Waals surface area contributed by atoms with Gasteiger partial charge in [0.05, 0.1) is 13.0 Å². The minimum Gasteiger partial charge on any atom is -0.420 e. The maximum atomic E-state index is 13.7. The van der Waals surface area contributed by atoms with Crippen LogP contribution in [0.4, 0.5) is 30.7 Å². The molecule has 0 atom stereocenters. The minimum absolute atomic E-state index is 0.0676. The Hall–Kier alpha value is -1.93. The Bertz CT molecular complexity index is 812. The van der Waals surface area contributed by atoms with Crippen molar-refractivity contribution in [2.45, 2.75) is 30.8 Å². The van der Waals surface area contributed by atoms with Gasteiger partial charge in [0.25, 0.3) is 0 Å². The zero-order valence-electron chi connectivity index (χ0n) is 14.1. The number of hydrogen-bond acceptors (Lipinski definition) is 5. The van der Waals surface area contributed by atoms with Crippen LogP contribution in [0.15, 0.2) is 4.90 Å². The first-order chi connectivity index (χ1) is 12.7. The van der Waals surface area contributed by atoms with E-state index in [2.05, 4.69) is 4.74 Å². The first-order valence-corrected chi connectivity index (χ1v) is 8.96. The van der Waals surface area contributed by atoms with E-state index in [1.54, 1.807) is 6.92 Å². The SMILES string of the molecule is CCCN(CCC(=O)Oc1c(F)c(F)c(S(=O)(=O)O)c(F)c1F)CC(F)(F)F. The van der Waals surface area contributed by atoms with E-state index < -0.39 is 75.7 Å². The molecule has 1 rings (SSSR count). The van der Waals surface area contributed by atoms with Crippen LogP contribution in [-0.2, 0) is 14.9 Å². The molecule has 160 valence electrons. The lowest BCUT2D eigenvalue weighted by molar-refractivity contribution is -0.149. The normalized spacial score (nSPS) is 12.5. The third kappa shape index (κ3) is 6.31. The van der Waals surface area contributed by atoms with E-state index in [0.717, 1.165) is 4.90 Å². The lowest BCUT2D eigenvalue weighted by atomic mass is 10.3. The van der Waals surface area contributed by atoms with Crippen molar-refractivity contribution in [3.05, 3.63) is 23.3 Å². The molecule has 0 bridgehead atoms. The molecule has 1 N–H and O–H groups in total. The zero-order chi connectivity index (χ0) is 21.9. The Morgan fingerprint density at radius 3 is 1.93 bits per heavy atom. The highest BCUT2D eigenvalue weighted by atomic mass is 32.2. The second-order valence-corrected chi connectivity index (χ2v) is 6.86. The molecule has 14 heteroatoms. The molecular formula is C14H14F7NO5S. The molecule has 0 saturated heterocycles. The smallest absolute Gasteiger partial charge is 0.401 e. The molecule has 0 radical (unpaired) electrons. The largest absolute Gasteiger partial charge is 0.420 e. The number of alkyl halides is 3. The summed E-state index contributed by atoms with van der Waals surface area (Å²) < 4.78 is 126. The van der Waals surface area contributed by atoms with Crippen LogP contribution in [0.5, 0.6) is 5.75 Å². The summed E-state index contributed by atoms with van der Waals surface area (Å²) in [5.74, 6) is -13.4. The van der Waals surface area contributed by atoms with Crippen molar-refractivity contribution in [2.24, 2.45) is 0 Å². The van der Waals surface area contributed by atoms with Crippen molar-refractivity contribution in [2.75, 3.05) is 19.6 Å². The fourth-order valence-corrected chi connectivity index (χ4v) is 2.79. The van der Waals surface area contributed by atoms with Gasteiger partial charge < -0.3 is 4.74 Å². The van der Waals surface area contributed by atoms with Gasteiger partial charge in [-0.15, -0.1) is 0 Å². The summed E-state index contributed by atoms with van der Waals surface area (Å²) in [6.07, 6.45) is -5.10. The number of hydrogen-bond donors (Lipinski definition) is 1. The van der Waals surface area contributed by atoms with E-state index in [4.69, 9.17) is 4.55 Å². The third-order valence-electron chi connectivity index (χ3n) is 3.23. The number of nitrogens with zero attached hydrogens (tertiary/aromatic N) is 1. The average molecular weight is 441 g/mol. The summed E-state index contributed by atoms with van der Waals surface area (Å²) in [6.45, 7) is -0.413. The summed E-state index contributed by atoms with van der Waals surface area (Å²) >= 11 is 0. The van der Waals surface area contributed by atoms with Crippen LogP contribution >= 0.6 is 0 Å². The molecule has 0 heterocycles. The number of benzene rings is 1. The molecule has 6 nitrogen and oxygen atoms in total. The van der Waals surface area contributed by atoms with Crippen LogP contribution in [0.25, 0.3) is 0 Å². The second-order valence-electron chi connectivity index (χ2n) is 5.50. The van der Waals surface area contributed by atoms with Crippen molar-refractivity contribution in [1.29, 1.82) is 0 Å². The highest BCUT2D eigenvalue weighted by Crippen LogP contribution is 2.32. The molecule has 0 fully saturated rings. The van der Waals surface area contributed by atoms with Crippen LogP contribution in [0, 0.1) is 23.3 Å². The summed E-state index contributed by atoms with van der Waals surface area (Å²) in [4.78, 5) is 10.1. The number of ether oxygens (including phenoxy) is 1. The Labute approximate surface area is 154 Å². The monoisotopic (exact) mass is 441 g/mol. The number of esters is 1. The van der Waals surface area contributed by atoms with Crippen molar-refractivity contribution in [3.63, 3.8) is 0 Å². The first kappa shape index (κ1) is 24.1. The quantitative estimate of drug-likeness (QED) is 0.220. The highest BCUT2D eigenvalue weighted by Gasteiger charge is 2.34. The van der Waals surface area contributed by atoms with Gasteiger partial charge in [0.15, 0.2) is 16.5 Å². The maximum Gasteiger partial charge on any atom is 0.401 e. The maximum absolute atomic E-state index is 13.7. The molecule has 0 unspecified atom stereocenters. The van der Waals surface area contributed by atoms with Crippen LogP contribution in [0.3, 0.4) is 0 Å². The van der Waals surface area contributed by atoms with Gasteiger partial charge in [0, 0.05) is 6.54 Å². The van der Waals surface area contributed by atoms with Gasteiger partial charge in [-0.2, -0.15) is 30.4 Å². The van der Waals surface area contributed by atoms with Gasteiger partial charge in [-0.3, -0.25) is 14.2 Å². The molecule has 1 aromatic carbocycles. The Balaban J connectivity index is 3.01. The van der Waals surface area contributed by atoms with E-state index in [-0.39, 0.29) is 6.54 Å². The Morgan fingerprint density at radius 2 is 1.54 bits per heavy atom. The summed E-state index contributed by atoms with van der Waals surface area (Å²) in [7, 11) is -5.68. The number of carbonyl (C=O) groups excluding carboxylic acids is 1. The van der Waals surface area contributed by atoms with Crippen LogP contribution in [0.1, 0.15) is 19.8 Å². The standard InChI is InChI=1S/C14H14F7NO5S/c1-2-4-22(6-14(19,20)21)5-3-7(23)27-12-8(15)10(17)13(28(24,25)26)11(18)9(12)16/h2-6H2,1H3,(H,24,25,26). The predicted octanol–water partition coefficient (Wildman–Crippen LogP) is 3.06. The molecule has 0 aromatic heterocycles. The fraction of sp³-hybridized carbons (Fsp3) is 0.500. The first-order valence-electron chi connectivity index (χ1n) is 7.52. The van der Waals surface area contributed by atoms with Crippen molar-refractivity contribution in [1.82, 2.24) is 4.90 Å². The second kappa shape index (κ2) is 9.05. The van der Waals surface area contributed by atoms with E-state index >= 15 is 0 Å². The molecule has 1 aromatic rings. The van der Waals surface area contributed by atoms with Gasteiger partial charge in [0.2, 0.25) is 17.4 Å². The molecule has 0 spiro atoms. The molecule has 0 aliphatic heterocycles. The van der Waals surface area contributed by atoms with E-state index in [1.807, 2.05) is 0 Å². The lowest BCUT2D eigenvalue weighted by Crippen LogP contribution is -2.36. The summed E-state index contributed by atoms with van der Waals surface area (Å²) in [6, 6.07) is 0. The Morgan fingerprint density at radius 1 is 1.04 bits per heavy atom. The molecule has 0 saturated carbocycles. The van der Waals surface area contributed by atoms with E-state index in [0.29, 0.717) is 6.42 Å². The van der Waals surface area contributed by atoms with E-state index in [1.165, 1.54) is 0 Å². The van der Waals surface area contributed by atoms with Crippen molar-refractivity contribution < 1.29 is 53.2 Å².